The summed E-state index contributed by atoms with van der Waals surface area (Å²) in [7, 11) is 1.45. The standard InChI is InChI=1S/C20H15N5O4/c1-25-19(27)14(10-21)17(13-7-8-15-16(9-13)29-11-28-15)22-20(25)24-23-18(26)12-5-3-2-4-6-12/h2-9H,11H2,1H3,(H,22,24)(H,23,26). The molecule has 2 N–H and O–H groups in total. The van der Waals surface area contributed by atoms with Crippen LogP contribution in [0.2, 0.25) is 0 Å². The lowest BCUT2D eigenvalue weighted by atomic mass is 10.1. The molecule has 0 fully saturated rings. The third-order valence-corrected chi connectivity index (χ3v) is 4.37. The van der Waals surface area contributed by atoms with Gasteiger partial charge in [0.1, 0.15) is 11.6 Å². The van der Waals surface area contributed by atoms with Crippen LogP contribution < -0.4 is 25.9 Å². The molecule has 9 heteroatoms. The van der Waals surface area contributed by atoms with Gasteiger partial charge in [-0.25, -0.2) is 4.98 Å². The number of hydrogen-bond acceptors (Lipinski definition) is 7. The molecule has 0 spiro atoms. The molecule has 1 aliphatic heterocycles. The van der Waals surface area contributed by atoms with Crippen molar-refractivity contribution in [3.05, 3.63) is 70.0 Å². The Hall–Kier alpha value is -4.32. The lowest BCUT2D eigenvalue weighted by Gasteiger charge is -2.14. The summed E-state index contributed by atoms with van der Waals surface area (Å²) >= 11 is 0. The fraction of sp³-hybridized carbons (Fsp3) is 0.100. The number of hydrazine groups is 1. The number of nitrogens with one attached hydrogen (secondary N) is 2. The van der Waals surface area contributed by atoms with Gasteiger partial charge in [-0.2, -0.15) is 5.26 Å². The van der Waals surface area contributed by atoms with Crippen molar-refractivity contribution in [1.82, 2.24) is 15.0 Å². The summed E-state index contributed by atoms with van der Waals surface area (Å²) < 4.78 is 11.8. The molecule has 1 amide bonds. The molecular weight excluding hydrogens is 374 g/mol. The van der Waals surface area contributed by atoms with E-state index in [1.165, 1.54) is 7.05 Å². The normalized spacial score (nSPS) is 11.6. The van der Waals surface area contributed by atoms with Gasteiger partial charge in [0, 0.05) is 18.2 Å². The summed E-state index contributed by atoms with van der Waals surface area (Å²) in [6.07, 6.45) is 0. The number of ether oxygens (including phenoxy) is 2. The highest BCUT2D eigenvalue weighted by atomic mass is 16.7. The third kappa shape index (κ3) is 3.35. The van der Waals surface area contributed by atoms with E-state index in [4.69, 9.17) is 9.47 Å². The van der Waals surface area contributed by atoms with Crippen LogP contribution in [0.5, 0.6) is 11.5 Å². The van der Waals surface area contributed by atoms with E-state index in [0.717, 1.165) is 4.57 Å². The maximum absolute atomic E-state index is 12.7. The Bertz CT molecular complexity index is 1200. The van der Waals surface area contributed by atoms with Crippen LogP contribution in [0.3, 0.4) is 0 Å². The number of carbonyl (C=O) groups is 1. The van der Waals surface area contributed by atoms with Gasteiger partial charge >= 0.3 is 0 Å². The van der Waals surface area contributed by atoms with Crippen LogP contribution in [-0.4, -0.2) is 22.3 Å². The Kier molecular flexibility index (Phi) is 4.58. The smallest absolute Gasteiger partial charge is 0.273 e. The monoisotopic (exact) mass is 389 g/mol. The van der Waals surface area contributed by atoms with Crippen molar-refractivity contribution < 1.29 is 14.3 Å². The molecule has 4 rings (SSSR count). The van der Waals surface area contributed by atoms with E-state index in [-0.39, 0.29) is 24.0 Å². The quantitative estimate of drug-likeness (QED) is 0.653. The van der Waals surface area contributed by atoms with E-state index >= 15 is 0 Å². The molecule has 0 saturated heterocycles. The topological polar surface area (TPSA) is 118 Å². The van der Waals surface area contributed by atoms with Gasteiger partial charge in [-0.15, -0.1) is 0 Å². The van der Waals surface area contributed by atoms with Gasteiger partial charge in [0.15, 0.2) is 11.5 Å². The number of nitriles is 1. The van der Waals surface area contributed by atoms with Crippen molar-refractivity contribution in [2.24, 2.45) is 7.05 Å². The summed E-state index contributed by atoms with van der Waals surface area (Å²) in [5.41, 5.74) is 5.61. The molecule has 3 aromatic rings. The van der Waals surface area contributed by atoms with Crippen LogP contribution in [0.1, 0.15) is 15.9 Å². The average molecular weight is 389 g/mol. The van der Waals surface area contributed by atoms with Gasteiger partial charge in [-0.1, -0.05) is 18.2 Å². The van der Waals surface area contributed by atoms with Gasteiger partial charge < -0.3 is 9.47 Å². The first-order valence-corrected chi connectivity index (χ1v) is 8.61. The molecule has 0 saturated carbocycles. The van der Waals surface area contributed by atoms with E-state index in [9.17, 15) is 14.9 Å². The second kappa shape index (κ2) is 7.36. The number of hydrogen-bond donors (Lipinski definition) is 2. The molecule has 1 aromatic heterocycles. The van der Waals surface area contributed by atoms with Crippen molar-refractivity contribution in [2.75, 3.05) is 12.2 Å². The number of aromatic nitrogens is 2. The van der Waals surface area contributed by atoms with Gasteiger partial charge in [0.2, 0.25) is 12.7 Å². The van der Waals surface area contributed by atoms with E-state index in [1.807, 2.05) is 6.07 Å². The molecule has 1 aliphatic rings. The van der Waals surface area contributed by atoms with Gasteiger partial charge in [-0.3, -0.25) is 25.0 Å². The number of rotatable bonds is 4. The minimum Gasteiger partial charge on any atom is -0.454 e. The molecule has 2 heterocycles. The fourth-order valence-corrected chi connectivity index (χ4v) is 2.84. The highest BCUT2D eigenvalue weighted by Crippen LogP contribution is 2.36. The van der Waals surface area contributed by atoms with Crippen LogP contribution in [0.4, 0.5) is 5.95 Å². The number of fused-ring (bicyclic) bond motifs is 1. The van der Waals surface area contributed by atoms with Crippen molar-refractivity contribution >= 4 is 11.9 Å². The number of anilines is 1. The van der Waals surface area contributed by atoms with Crippen LogP contribution in [-0.2, 0) is 7.05 Å². The molecule has 9 nitrogen and oxygen atoms in total. The molecule has 0 radical (unpaired) electrons. The first kappa shape index (κ1) is 18.1. The van der Waals surface area contributed by atoms with Crippen LogP contribution in [0.25, 0.3) is 11.3 Å². The zero-order chi connectivity index (χ0) is 20.4. The molecule has 0 aliphatic carbocycles. The Balaban J connectivity index is 1.70. The minimum absolute atomic E-state index is 0.0750. The lowest BCUT2D eigenvalue weighted by molar-refractivity contribution is 0.0962. The maximum atomic E-state index is 12.7. The molecule has 0 atom stereocenters. The summed E-state index contributed by atoms with van der Waals surface area (Å²) in [4.78, 5) is 29.3. The summed E-state index contributed by atoms with van der Waals surface area (Å²) in [5.74, 6) is 0.755. The molecule has 0 bridgehead atoms. The van der Waals surface area contributed by atoms with Crippen LogP contribution in [0.15, 0.2) is 53.3 Å². The first-order chi connectivity index (χ1) is 14.1. The fourth-order valence-electron chi connectivity index (χ4n) is 2.84. The first-order valence-electron chi connectivity index (χ1n) is 8.61. The highest BCUT2D eigenvalue weighted by molar-refractivity contribution is 5.94. The van der Waals surface area contributed by atoms with Gasteiger partial charge in [0.05, 0.1) is 5.69 Å². The molecular formula is C20H15N5O4. The van der Waals surface area contributed by atoms with Gasteiger partial charge in [-0.05, 0) is 30.3 Å². The molecule has 144 valence electrons. The van der Waals surface area contributed by atoms with E-state index in [1.54, 1.807) is 48.5 Å². The van der Waals surface area contributed by atoms with Crippen LogP contribution in [0, 0.1) is 11.3 Å². The number of amides is 1. The Labute approximate surface area is 165 Å². The lowest BCUT2D eigenvalue weighted by Crippen LogP contribution is -2.34. The average Bonchev–Trinajstić information content (AvgIpc) is 3.23. The number of carbonyl (C=O) groups excluding carboxylic acids is 1. The SMILES string of the molecule is Cn1c(NNC(=O)c2ccccc2)nc(-c2ccc3c(c2)OCO3)c(C#N)c1=O. The Morgan fingerprint density at radius 1 is 1.17 bits per heavy atom. The molecule has 0 unspecified atom stereocenters. The highest BCUT2D eigenvalue weighted by Gasteiger charge is 2.20. The number of benzene rings is 2. The Morgan fingerprint density at radius 2 is 1.93 bits per heavy atom. The second-order valence-corrected chi connectivity index (χ2v) is 6.15. The third-order valence-electron chi connectivity index (χ3n) is 4.37. The van der Waals surface area contributed by atoms with Crippen molar-refractivity contribution in [2.45, 2.75) is 0 Å². The molecule has 2 aromatic carbocycles. The van der Waals surface area contributed by atoms with Crippen molar-refractivity contribution in [3.63, 3.8) is 0 Å². The predicted molar refractivity (Wildman–Crippen MR) is 103 cm³/mol. The van der Waals surface area contributed by atoms with Crippen molar-refractivity contribution in [1.29, 1.82) is 5.26 Å². The van der Waals surface area contributed by atoms with Crippen LogP contribution >= 0.6 is 0 Å². The van der Waals surface area contributed by atoms with Gasteiger partial charge in [0.25, 0.3) is 11.5 Å². The minimum atomic E-state index is -0.549. The number of nitrogens with zero attached hydrogens (tertiary/aromatic N) is 3. The maximum Gasteiger partial charge on any atom is 0.273 e. The zero-order valence-corrected chi connectivity index (χ0v) is 15.3. The Morgan fingerprint density at radius 3 is 2.69 bits per heavy atom. The largest absolute Gasteiger partial charge is 0.454 e. The summed E-state index contributed by atoms with van der Waals surface area (Å²) in [5, 5.41) is 9.49. The second-order valence-electron chi connectivity index (χ2n) is 6.15. The summed E-state index contributed by atoms with van der Waals surface area (Å²) in [6.45, 7) is 0.103. The van der Waals surface area contributed by atoms with Crippen molar-refractivity contribution in [3.8, 4) is 28.8 Å². The van der Waals surface area contributed by atoms with E-state index in [2.05, 4.69) is 15.8 Å². The van der Waals surface area contributed by atoms with E-state index < -0.39 is 11.5 Å². The summed E-state index contributed by atoms with van der Waals surface area (Å²) in [6, 6.07) is 15.5. The predicted octanol–water partition coefficient (Wildman–Crippen LogP) is 1.80. The molecule has 29 heavy (non-hydrogen) atoms. The zero-order valence-electron chi connectivity index (χ0n) is 15.3. The van der Waals surface area contributed by atoms with E-state index in [0.29, 0.717) is 22.6 Å².